The van der Waals surface area contributed by atoms with Gasteiger partial charge in [-0.25, -0.2) is 8.42 Å². The second-order valence-corrected chi connectivity index (χ2v) is 9.10. The highest BCUT2D eigenvalue weighted by atomic mass is 32.2. The molecule has 2 aromatic rings. The Morgan fingerprint density at radius 3 is 2.78 bits per heavy atom. The average Bonchev–Trinajstić information content (AvgIpc) is 3.19. The highest BCUT2D eigenvalue weighted by Gasteiger charge is 2.37. The summed E-state index contributed by atoms with van der Waals surface area (Å²) in [6.07, 6.45) is 3.55. The molecule has 1 unspecified atom stereocenters. The second kappa shape index (κ2) is 6.68. The maximum atomic E-state index is 12.8. The molecule has 1 saturated heterocycles. The van der Waals surface area contributed by atoms with Crippen LogP contribution in [-0.4, -0.2) is 43.2 Å². The highest BCUT2D eigenvalue weighted by Crippen LogP contribution is 2.36. The molecule has 3 heterocycles. The number of pyridine rings is 1. The minimum absolute atomic E-state index is 0.157. The molecule has 1 atom stereocenters. The summed E-state index contributed by atoms with van der Waals surface area (Å²) < 4.78 is 27.6. The van der Waals surface area contributed by atoms with Crippen LogP contribution in [0.15, 0.2) is 40.1 Å². The fourth-order valence-corrected chi connectivity index (χ4v) is 5.73. The van der Waals surface area contributed by atoms with Crippen LogP contribution in [0.2, 0.25) is 0 Å². The molecule has 0 saturated carbocycles. The standard InChI is InChI=1S/C16H21N3O2S2/c1-18(2)12-13-7-8-14(17-11-13)15-5-3-9-19(15)23(20,21)16-6-4-10-22-16/h4,6-8,10-11,15H,3,5,9,12H2,1-2H3. The molecule has 0 aliphatic carbocycles. The fraction of sp³-hybridized carbons (Fsp3) is 0.438. The molecule has 2 aromatic heterocycles. The van der Waals surface area contributed by atoms with Crippen molar-refractivity contribution in [3.8, 4) is 0 Å². The van der Waals surface area contributed by atoms with Crippen molar-refractivity contribution in [2.45, 2.75) is 29.6 Å². The minimum Gasteiger partial charge on any atom is -0.305 e. The first-order chi connectivity index (χ1) is 11.0. The van der Waals surface area contributed by atoms with E-state index in [2.05, 4.69) is 9.88 Å². The molecule has 124 valence electrons. The van der Waals surface area contributed by atoms with Crippen LogP contribution in [0, 0.1) is 0 Å². The van der Waals surface area contributed by atoms with Crippen LogP contribution in [0.25, 0.3) is 0 Å². The lowest BCUT2D eigenvalue weighted by atomic mass is 10.1. The summed E-state index contributed by atoms with van der Waals surface area (Å²) in [5.74, 6) is 0. The Bertz CT molecular complexity index is 740. The third-order valence-corrected chi connectivity index (χ3v) is 7.23. The van der Waals surface area contributed by atoms with Crippen molar-refractivity contribution in [3.05, 3.63) is 47.1 Å². The van der Waals surface area contributed by atoms with E-state index in [0.717, 1.165) is 30.6 Å². The predicted octanol–water partition coefficient (Wildman–Crippen LogP) is 2.73. The first kappa shape index (κ1) is 16.6. The number of aromatic nitrogens is 1. The van der Waals surface area contributed by atoms with Gasteiger partial charge < -0.3 is 4.90 Å². The topological polar surface area (TPSA) is 53.5 Å². The fourth-order valence-electron chi connectivity index (χ4n) is 2.94. The lowest BCUT2D eigenvalue weighted by Crippen LogP contribution is -2.30. The van der Waals surface area contributed by atoms with Crippen LogP contribution in [0.1, 0.15) is 30.1 Å². The number of hydrogen-bond donors (Lipinski definition) is 0. The third-order valence-electron chi connectivity index (χ3n) is 3.95. The largest absolute Gasteiger partial charge is 0.305 e. The molecule has 0 N–H and O–H groups in total. The van der Waals surface area contributed by atoms with E-state index >= 15 is 0 Å². The summed E-state index contributed by atoms with van der Waals surface area (Å²) in [6, 6.07) is 7.29. The highest BCUT2D eigenvalue weighted by molar-refractivity contribution is 7.91. The maximum absolute atomic E-state index is 12.8. The summed E-state index contributed by atoms with van der Waals surface area (Å²) in [4.78, 5) is 6.61. The average molecular weight is 351 g/mol. The van der Waals surface area contributed by atoms with Gasteiger partial charge in [-0.1, -0.05) is 12.1 Å². The minimum atomic E-state index is -3.42. The molecule has 0 radical (unpaired) electrons. The number of rotatable bonds is 5. The molecule has 7 heteroatoms. The predicted molar refractivity (Wildman–Crippen MR) is 91.8 cm³/mol. The first-order valence-corrected chi connectivity index (χ1v) is 9.95. The van der Waals surface area contributed by atoms with Crippen molar-refractivity contribution in [1.29, 1.82) is 0 Å². The van der Waals surface area contributed by atoms with Gasteiger partial charge in [-0.15, -0.1) is 11.3 Å². The molecule has 0 aromatic carbocycles. The van der Waals surface area contributed by atoms with Gasteiger partial charge in [0, 0.05) is 19.3 Å². The molecular formula is C16H21N3O2S2. The van der Waals surface area contributed by atoms with Crippen molar-refractivity contribution in [2.24, 2.45) is 0 Å². The van der Waals surface area contributed by atoms with Gasteiger partial charge in [0.25, 0.3) is 10.0 Å². The van der Waals surface area contributed by atoms with E-state index in [0.29, 0.717) is 10.8 Å². The molecule has 0 bridgehead atoms. The van der Waals surface area contributed by atoms with E-state index in [4.69, 9.17) is 0 Å². The van der Waals surface area contributed by atoms with Crippen molar-refractivity contribution in [3.63, 3.8) is 0 Å². The maximum Gasteiger partial charge on any atom is 0.253 e. The molecule has 0 spiro atoms. The zero-order chi connectivity index (χ0) is 16.4. The Morgan fingerprint density at radius 1 is 1.35 bits per heavy atom. The quantitative estimate of drug-likeness (QED) is 0.831. The van der Waals surface area contributed by atoms with Crippen LogP contribution in [0.3, 0.4) is 0 Å². The molecular weight excluding hydrogens is 330 g/mol. The number of thiophene rings is 1. The molecule has 1 aliphatic heterocycles. The van der Waals surface area contributed by atoms with Crippen LogP contribution >= 0.6 is 11.3 Å². The molecule has 3 rings (SSSR count). The SMILES string of the molecule is CN(C)Cc1ccc(C2CCCN2S(=O)(=O)c2cccs2)nc1. The zero-order valence-corrected chi connectivity index (χ0v) is 15.0. The van der Waals surface area contributed by atoms with E-state index in [1.54, 1.807) is 21.8 Å². The van der Waals surface area contributed by atoms with Crippen LogP contribution in [0.4, 0.5) is 0 Å². The zero-order valence-electron chi connectivity index (χ0n) is 13.3. The van der Waals surface area contributed by atoms with Crippen molar-refractivity contribution >= 4 is 21.4 Å². The van der Waals surface area contributed by atoms with E-state index < -0.39 is 10.0 Å². The summed E-state index contributed by atoms with van der Waals surface area (Å²) in [5, 5.41) is 1.80. The first-order valence-electron chi connectivity index (χ1n) is 7.63. The Kier molecular flexibility index (Phi) is 4.82. The molecule has 5 nitrogen and oxygen atoms in total. The molecule has 0 amide bonds. The van der Waals surface area contributed by atoms with Crippen molar-refractivity contribution in [1.82, 2.24) is 14.2 Å². The Hall–Kier alpha value is -1.28. The van der Waals surface area contributed by atoms with Crippen LogP contribution < -0.4 is 0 Å². The van der Waals surface area contributed by atoms with E-state index in [1.807, 2.05) is 32.4 Å². The Morgan fingerprint density at radius 2 is 2.17 bits per heavy atom. The van der Waals surface area contributed by atoms with Gasteiger partial charge in [0.15, 0.2) is 0 Å². The van der Waals surface area contributed by atoms with Gasteiger partial charge in [0.2, 0.25) is 0 Å². The number of hydrogen-bond acceptors (Lipinski definition) is 5. The molecule has 1 fully saturated rings. The van der Waals surface area contributed by atoms with Crippen molar-refractivity contribution < 1.29 is 8.42 Å². The summed E-state index contributed by atoms with van der Waals surface area (Å²) >= 11 is 1.27. The number of sulfonamides is 1. The second-order valence-electron chi connectivity index (χ2n) is 6.03. The van der Waals surface area contributed by atoms with Crippen molar-refractivity contribution in [2.75, 3.05) is 20.6 Å². The molecule has 1 aliphatic rings. The van der Waals surface area contributed by atoms with Gasteiger partial charge >= 0.3 is 0 Å². The summed E-state index contributed by atoms with van der Waals surface area (Å²) in [6.45, 7) is 1.39. The van der Waals surface area contributed by atoms with E-state index in [1.165, 1.54) is 11.3 Å². The lowest BCUT2D eigenvalue weighted by Gasteiger charge is -2.23. The third kappa shape index (κ3) is 3.47. The van der Waals surface area contributed by atoms with Gasteiger partial charge in [-0.05, 0) is 50.0 Å². The summed E-state index contributed by atoms with van der Waals surface area (Å²) in [7, 11) is 0.610. The van der Waals surface area contributed by atoms with Crippen LogP contribution in [-0.2, 0) is 16.6 Å². The number of nitrogens with zero attached hydrogens (tertiary/aromatic N) is 3. The van der Waals surface area contributed by atoms with Gasteiger partial charge in [-0.2, -0.15) is 4.31 Å². The molecule has 23 heavy (non-hydrogen) atoms. The summed E-state index contributed by atoms with van der Waals surface area (Å²) in [5.41, 5.74) is 1.97. The van der Waals surface area contributed by atoms with E-state index in [-0.39, 0.29) is 6.04 Å². The Balaban J connectivity index is 1.84. The van der Waals surface area contributed by atoms with Gasteiger partial charge in [-0.3, -0.25) is 4.98 Å². The normalized spacial score (nSPS) is 19.5. The monoisotopic (exact) mass is 351 g/mol. The lowest BCUT2D eigenvalue weighted by molar-refractivity contribution is 0.389. The van der Waals surface area contributed by atoms with Gasteiger partial charge in [0.05, 0.1) is 11.7 Å². The Labute approximate surface area is 141 Å². The van der Waals surface area contributed by atoms with Crippen LogP contribution in [0.5, 0.6) is 0 Å². The van der Waals surface area contributed by atoms with Gasteiger partial charge in [0.1, 0.15) is 4.21 Å². The van der Waals surface area contributed by atoms with E-state index in [9.17, 15) is 8.42 Å². The smallest absolute Gasteiger partial charge is 0.253 e.